The van der Waals surface area contributed by atoms with Crippen LogP contribution in [0.3, 0.4) is 0 Å². The highest BCUT2D eigenvalue weighted by molar-refractivity contribution is 6.01. The van der Waals surface area contributed by atoms with Gasteiger partial charge >= 0.3 is 5.97 Å². The molecule has 24 heavy (non-hydrogen) atoms. The van der Waals surface area contributed by atoms with Gasteiger partial charge in [-0.25, -0.2) is 4.79 Å². The Balaban J connectivity index is 2.02. The molecular weight excluding hydrogens is 308 g/mol. The van der Waals surface area contributed by atoms with Crippen LogP contribution < -0.4 is 0 Å². The maximum absolute atomic E-state index is 12.4. The molecule has 1 amide bonds. The van der Waals surface area contributed by atoms with Crippen molar-refractivity contribution >= 4 is 17.7 Å². The lowest BCUT2D eigenvalue weighted by Crippen LogP contribution is -2.45. The number of carbonyl (C=O) groups excluding carboxylic acids is 3. The number of amides is 1. The second kappa shape index (κ2) is 7.64. The number of rotatable bonds is 5. The number of carbonyl (C=O) groups is 3. The Kier molecular flexibility index (Phi) is 5.80. The van der Waals surface area contributed by atoms with Crippen molar-refractivity contribution in [2.75, 3.05) is 13.2 Å². The average Bonchev–Trinajstić information content (AvgIpc) is 2.86. The standard InChI is InChI=1S/C18H26N2O4/c1-5-14-8-6-7-9-20(14)15(22)10-24-18(23)17-11(2)16(13(4)21)12(3)19-17/h14,19H,5-10H2,1-4H3/t14-/m0/s1. The number of ether oxygens (including phenoxy) is 1. The first kappa shape index (κ1) is 18.2. The summed E-state index contributed by atoms with van der Waals surface area (Å²) < 4.78 is 5.19. The molecule has 1 atom stereocenters. The lowest BCUT2D eigenvalue weighted by Gasteiger charge is -2.35. The van der Waals surface area contributed by atoms with Gasteiger partial charge in [0.25, 0.3) is 5.91 Å². The van der Waals surface area contributed by atoms with Gasteiger partial charge in [0.15, 0.2) is 12.4 Å². The molecule has 0 saturated carbocycles. The Morgan fingerprint density at radius 1 is 1.25 bits per heavy atom. The van der Waals surface area contributed by atoms with Crippen LogP contribution in [0.5, 0.6) is 0 Å². The number of likely N-dealkylation sites (tertiary alicyclic amines) is 1. The van der Waals surface area contributed by atoms with E-state index in [4.69, 9.17) is 4.74 Å². The third-order valence-corrected chi connectivity index (χ3v) is 4.74. The number of nitrogens with one attached hydrogen (secondary N) is 1. The molecule has 1 saturated heterocycles. The van der Waals surface area contributed by atoms with Gasteiger partial charge in [-0.15, -0.1) is 0 Å². The summed E-state index contributed by atoms with van der Waals surface area (Å²) in [7, 11) is 0. The highest BCUT2D eigenvalue weighted by atomic mass is 16.5. The van der Waals surface area contributed by atoms with Gasteiger partial charge in [0.1, 0.15) is 5.69 Å². The fourth-order valence-corrected chi connectivity index (χ4v) is 3.52. The molecule has 1 aromatic rings. The lowest BCUT2D eigenvalue weighted by atomic mass is 10.00. The van der Waals surface area contributed by atoms with Gasteiger partial charge < -0.3 is 14.6 Å². The highest BCUT2D eigenvalue weighted by Crippen LogP contribution is 2.21. The van der Waals surface area contributed by atoms with Gasteiger partial charge in [0.2, 0.25) is 0 Å². The Labute approximate surface area is 142 Å². The minimum Gasteiger partial charge on any atom is -0.451 e. The molecule has 6 nitrogen and oxygen atoms in total. The molecule has 1 aromatic heterocycles. The molecule has 1 aliphatic heterocycles. The van der Waals surface area contributed by atoms with Crippen molar-refractivity contribution < 1.29 is 19.1 Å². The van der Waals surface area contributed by atoms with Gasteiger partial charge in [-0.1, -0.05) is 6.92 Å². The molecule has 0 aliphatic carbocycles. The Hall–Kier alpha value is -2.11. The minimum atomic E-state index is -0.596. The normalized spacial score (nSPS) is 17.7. The maximum Gasteiger partial charge on any atom is 0.355 e. The van der Waals surface area contributed by atoms with E-state index in [1.165, 1.54) is 6.92 Å². The summed E-state index contributed by atoms with van der Waals surface area (Å²) in [6.45, 7) is 7.44. The Morgan fingerprint density at radius 3 is 2.54 bits per heavy atom. The van der Waals surface area contributed by atoms with Crippen LogP contribution in [0.25, 0.3) is 0 Å². The van der Waals surface area contributed by atoms with Crippen molar-refractivity contribution in [2.45, 2.75) is 59.4 Å². The SMILES string of the molecule is CC[C@H]1CCCCN1C(=O)COC(=O)c1[nH]c(C)c(C(C)=O)c1C. The van der Waals surface area contributed by atoms with Gasteiger partial charge in [-0.3, -0.25) is 9.59 Å². The van der Waals surface area contributed by atoms with Crippen LogP contribution in [0.1, 0.15) is 71.6 Å². The molecule has 1 fully saturated rings. The van der Waals surface area contributed by atoms with Crippen molar-refractivity contribution in [1.82, 2.24) is 9.88 Å². The van der Waals surface area contributed by atoms with Crippen LogP contribution in [0.15, 0.2) is 0 Å². The molecule has 0 aromatic carbocycles. The smallest absolute Gasteiger partial charge is 0.355 e. The van der Waals surface area contributed by atoms with E-state index in [-0.39, 0.29) is 30.0 Å². The molecule has 2 heterocycles. The monoisotopic (exact) mass is 334 g/mol. The molecule has 0 bridgehead atoms. The number of esters is 1. The fourth-order valence-electron chi connectivity index (χ4n) is 3.52. The first-order valence-corrected chi connectivity index (χ1v) is 8.53. The van der Waals surface area contributed by atoms with E-state index in [1.54, 1.807) is 13.8 Å². The number of Topliss-reactive ketones (excluding diaryl/α,β-unsaturated/α-hetero) is 1. The average molecular weight is 334 g/mol. The van der Waals surface area contributed by atoms with Crippen LogP contribution in [0.4, 0.5) is 0 Å². The molecule has 0 unspecified atom stereocenters. The van der Waals surface area contributed by atoms with E-state index in [9.17, 15) is 14.4 Å². The van der Waals surface area contributed by atoms with Gasteiger partial charge in [0.05, 0.1) is 0 Å². The summed E-state index contributed by atoms with van der Waals surface area (Å²) in [5, 5.41) is 0. The quantitative estimate of drug-likeness (QED) is 0.663. The first-order valence-electron chi connectivity index (χ1n) is 8.53. The topological polar surface area (TPSA) is 79.5 Å². The first-order chi connectivity index (χ1) is 11.4. The van der Waals surface area contributed by atoms with Crippen LogP contribution >= 0.6 is 0 Å². The van der Waals surface area contributed by atoms with Crippen molar-refractivity contribution in [2.24, 2.45) is 0 Å². The molecule has 2 rings (SSSR count). The summed E-state index contributed by atoms with van der Waals surface area (Å²) in [5.41, 5.74) is 1.97. The molecule has 6 heteroatoms. The van der Waals surface area contributed by atoms with Crippen LogP contribution in [-0.2, 0) is 9.53 Å². The van der Waals surface area contributed by atoms with Crippen molar-refractivity contribution in [3.63, 3.8) is 0 Å². The molecule has 0 radical (unpaired) electrons. The largest absolute Gasteiger partial charge is 0.451 e. The molecular formula is C18H26N2O4. The number of aromatic amines is 1. The second-order valence-corrected chi connectivity index (χ2v) is 6.40. The van der Waals surface area contributed by atoms with E-state index in [0.29, 0.717) is 16.8 Å². The van der Waals surface area contributed by atoms with E-state index in [1.807, 2.05) is 4.90 Å². The van der Waals surface area contributed by atoms with Crippen LogP contribution in [0.2, 0.25) is 0 Å². The van der Waals surface area contributed by atoms with Crippen LogP contribution in [0, 0.1) is 13.8 Å². The summed E-state index contributed by atoms with van der Waals surface area (Å²) >= 11 is 0. The zero-order chi connectivity index (χ0) is 17.9. The van der Waals surface area contributed by atoms with Crippen LogP contribution in [-0.4, -0.2) is 46.7 Å². The second-order valence-electron chi connectivity index (χ2n) is 6.40. The van der Waals surface area contributed by atoms with Crippen molar-refractivity contribution in [3.05, 3.63) is 22.5 Å². The number of nitrogens with zero attached hydrogens (tertiary/aromatic N) is 1. The highest BCUT2D eigenvalue weighted by Gasteiger charge is 2.27. The molecule has 1 aliphatic rings. The lowest BCUT2D eigenvalue weighted by molar-refractivity contribution is -0.138. The van der Waals surface area contributed by atoms with E-state index >= 15 is 0 Å². The fraction of sp³-hybridized carbons (Fsp3) is 0.611. The van der Waals surface area contributed by atoms with Gasteiger partial charge in [-0.05, 0) is 52.0 Å². The van der Waals surface area contributed by atoms with E-state index in [0.717, 1.165) is 32.2 Å². The zero-order valence-corrected chi connectivity index (χ0v) is 14.9. The van der Waals surface area contributed by atoms with Gasteiger partial charge in [0, 0.05) is 23.8 Å². The summed E-state index contributed by atoms with van der Waals surface area (Å²) in [6.07, 6.45) is 4.05. The number of aromatic nitrogens is 1. The number of aryl methyl sites for hydroxylation is 1. The third kappa shape index (κ3) is 3.68. The zero-order valence-electron chi connectivity index (χ0n) is 14.9. The Bertz CT molecular complexity index is 648. The summed E-state index contributed by atoms with van der Waals surface area (Å²) in [6, 6.07) is 0.240. The summed E-state index contributed by atoms with van der Waals surface area (Å²) in [4.78, 5) is 41.0. The number of ketones is 1. The summed E-state index contributed by atoms with van der Waals surface area (Å²) in [5.74, 6) is -0.848. The van der Waals surface area contributed by atoms with Gasteiger partial charge in [-0.2, -0.15) is 0 Å². The van der Waals surface area contributed by atoms with Crippen molar-refractivity contribution in [1.29, 1.82) is 0 Å². The number of H-pyrrole nitrogens is 1. The maximum atomic E-state index is 12.4. The molecule has 132 valence electrons. The number of hydrogen-bond donors (Lipinski definition) is 1. The molecule has 0 spiro atoms. The predicted molar refractivity (Wildman–Crippen MR) is 90.2 cm³/mol. The van der Waals surface area contributed by atoms with Crippen molar-refractivity contribution in [3.8, 4) is 0 Å². The molecule has 1 N–H and O–H groups in total. The third-order valence-electron chi connectivity index (χ3n) is 4.74. The van der Waals surface area contributed by atoms with E-state index in [2.05, 4.69) is 11.9 Å². The predicted octanol–water partition coefficient (Wildman–Crippen LogP) is 2.78. The number of piperidine rings is 1. The number of hydrogen-bond acceptors (Lipinski definition) is 4. The van der Waals surface area contributed by atoms with E-state index < -0.39 is 5.97 Å². The minimum absolute atomic E-state index is 0.101. The Morgan fingerprint density at radius 2 is 1.96 bits per heavy atom.